The molecule has 23 heavy (non-hydrogen) atoms. The Hall–Kier alpha value is -2.95. The Bertz CT molecular complexity index is 881. The third-order valence-electron chi connectivity index (χ3n) is 3.77. The van der Waals surface area contributed by atoms with Gasteiger partial charge in [0.05, 0.1) is 19.8 Å². The van der Waals surface area contributed by atoms with Gasteiger partial charge in [0.2, 0.25) is 0 Å². The number of aromatic nitrogens is 1. The number of nitrogens with zero attached hydrogens (tertiary/aromatic N) is 1. The highest BCUT2D eigenvalue weighted by atomic mass is 16.5. The Morgan fingerprint density at radius 1 is 1.13 bits per heavy atom. The lowest BCUT2D eigenvalue weighted by atomic mass is 10.1. The number of nitrogens with one attached hydrogen (secondary N) is 1. The molecule has 0 fully saturated rings. The number of rotatable bonds is 4. The molecule has 0 spiro atoms. The number of H-pyrrole nitrogens is 1. The van der Waals surface area contributed by atoms with Crippen LogP contribution in [-0.4, -0.2) is 30.5 Å². The highest BCUT2D eigenvalue weighted by Crippen LogP contribution is 2.33. The van der Waals surface area contributed by atoms with Crippen LogP contribution in [-0.2, 0) is 0 Å². The first-order valence-corrected chi connectivity index (χ1v) is 7.20. The minimum Gasteiger partial charge on any atom is -0.497 e. The van der Waals surface area contributed by atoms with Gasteiger partial charge in [-0.2, -0.15) is 0 Å². The molecule has 0 aliphatic rings. The summed E-state index contributed by atoms with van der Waals surface area (Å²) in [5.41, 5.74) is 3.23. The maximum absolute atomic E-state index is 10.2. The van der Waals surface area contributed by atoms with E-state index in [0.29, 0.717) is 22.7 Å². The topological polar surface area (TPSA) is 66.8 Å². The number of aryl methyl sites for hydroxylation is 1. The number of aliphatic imine (C=N–C) groups is 1. The lowest BCUT2D eigenvalue weighted by molar-refractivity contribution is 0.404. The van der Waals surface area contributed by atoms with Crippen LogP contribution in [0.4, 0.5) is 5.69 Å². The lowest BCUT2D eigenvalue weighted by Gasteiger charge is -2.06. The Balaban J connectivity index is 2.09. The van der Waals surface area contributed by atoms with Gasteiger partial charge in [-0.05, 0) is 30.7 Å². The fourth-order valence-electron chi connectivity index (χ4n) is 2.60. The Morgan fingerprint density at radius 3 is 2.70 bits per heavy atom. The molecule has 5 nitrogen and oxygen atoms in total. The fraction of sp³-hybridized carbons (Fsp3) is 0.167. The van der Waals surface area contributed by atoms with Gasteiger partial charge in [-0.15, -0.1) is 0 Å². The van der Waals surface area contributed by atoms with Crippen LogP contribution in [0, 0.1) is 6.92 Å². The number of ether oxygens (including phenoxy) is 2. The molecule has 3 rings (SSSR count). The van der Waals surface area contributed by atoms with E-state index in [9.17, 15) is 5.11 Å². The molecule has 0 unspecified atom stereocenters. The average molecular weight is 310 g/mol. The van der Waals surface area contributed by atoms with E-state index in [1.165, 1.54) is 0 Å². The molecule has 0 saturated heterocycles. The van der Waals surface area contributed by atoms with E-state index < -0.39 is 0 Å². The lowest BCUT2D eigenvalue weighted by Crippen LogP contribution is -1.87. The minimum absolute atomic E-state index is 0.0971. The minimum atomic E-state index is 0.0971. The van der Waals surface area contributed by atoms with Gasteiger partial charge in [-0.1, -0.05) is 12.1 Å². The highest BCUT2D eigenvalue weighted by Gasteiger charge is 2.11. The number of methoxy groups -OCH3 is 2. The summed E-state index contributed by atoms with van der Waals surface area (Å²) in [5, 5.41) is 11.1. The van der Waals surface area contributed by atoms with Gasteiger partial charge in [0.25, 0.3) is 0 Å². The van der Waals surface area contributed by atoms with E-state index >= 15 is 0 Å². The second kappa shape index (κ2) is 6.04. The summed E-state index contributed by atoms with van der Waals surface area (Å²) in [6, 6.07) is 11.3. The maximum Gasteiger partial charge on any atom is 0.198 e. The average Bonchev–Trinajstić information content (AvgIpc) is 2.89. The van der Waals surface area contributed by atoms with E-state index in [1.54, 1.807) is 32.6 Å². The normalized spacial score (nSPS) is 11.3. The molecule has 2 aromatic carbocycles. The number of aromatic hydroxyl groups is 1. The summed E-state index contributed by atoms with van der Waals surface area (Å²) in [4.78, 5) is 7.43. The van der Waals surface area contributed by atoms with Crippen LogP contribution < -0.4 is 9.47 Å². The van der Waals surface area contributed by atoms with Gasteiger partial charge in [0.1, 0.15) is 17.2 Å². The second-order valence-electron chi connectivity index (χ2n) is 5.18. The molecule has 0 bridgehead atoms. The molecule has 3 aromatic rings. The zero-order valence-electron chi connectivity index (χ0n) is 13.3. The summed E-state index contributed by atoms with van der Waals surface area (Å²) in [6.45, 7) is 2.00. The van der Waals surface area contributed by atoms with Gasteiger partial charge in [-0.3, -0.25) is 4.99 Å². The number of fused-ring (bicyclic) bond motifs is 1. The third-order valence-corrected chi connectivity index (χ3v) is 3.77. The molecule has 2 N–H and O–H groups in total. The highest BCUT2D eigenvalue weighted by molar-refractivity contribution is 6.04. The molecular formula is C18H18N2O3. The van der Waals surface area contributed by atoms with Crippen LogP contribution in [0.3, 0.4) is 0 Å². The van der Waals surface area contributed by atoms with Crippen molar-refractivity contribution in [1.82, 2.24) is 4.98 Å². The first-order valence-electron chi connectivity index (χ1n) is 7.20. The molecule has 1 heterocycles. The Kier molecular flexibility index (Phi) is 3.93. The van der Waals surface area contributed by atoms with Crippen LogP contribution >= 0.6 is 0 Å². The van der Waals surface area contributed by atoms with Crippen LogP contribution in [0.1, 0.15) is 11.1 Å². The van der Waals surface area contributed by atoms with Crippen LogP contribution in [0.15, 0.2) is 41.4 Å². The maximum atomic E-state index is 10.2. The van der Waals surface area contributed by atoms with Gasteiger partial charge in [-0.25, -0.2) is 0 Å². The Labute approximate surface area is 134 Å². The van der Waals surface area contributed by atoms with Crippen molar-refractivity contribution in [3.8, 4) is 17.4 Å². The molecule has 0 aliphatic carbocycles. The van der Waals surface area contributed by atoms with Crippen molar-refractivity contribution >= 4 is 22.8 Å². The quantitative estimate of drug-likeness (QED) is 0.717. The zero-order chi connectivity index (χ0) is 16.4. The molecule has 0 aliphatic heterocycles. The Morgan fingerprint density at radius 2 is 1.96 bits per heavy atom. The van der Waals surface area contributed by atoms with Gasteiger partial charge in [0.15, 0.2) is 5.88 Å². The van der Waals surface area contributed by atoms with Crippen molar-refractivity contribution in [3.63, 3.8) is 0 Å². The molecule has 0 amide bonds. The molecular weight excluding hydrogens is 292 g/mol. The summed E-state index contributed by atoms with van der Waals surface area (Å²) < 4.78 is 10.5. The van der Waals surface area contributed by atoms with Crippen molar-refractivity contribution in [2.75, 3.05) is 14.2 Å². The van der Waals surface area contributed by atoms with Gasteiger partial charge >= 0.3 is 0 Å². The number of hydrogen-bond acceptors (Lipinski definition) is 4. The zero-order valence-corrected chi connectivity index (χ0v) is 13.3. The van der Waals surface area contributed by atoms with Crippen LogP contribution in [0.25, 0.3) is 10.9 Å². The molecule has 0 radical (unpaired) electrons. The van der Waals surface area contributed by atoms with E-state index in [2.05, 4.69) is 9.98 Å². The fourth-order valence-corrected chi connectivity index (χ4v) is 2.60. The van der Waals surface area contributed by atoms with Gasteiger partial charge < -0.3 is 19.6 Å². The van der Waals surface area contributed by atoms with E-state index in [0.717, 1.165) is 16.5 Å². The van der Waals surface area contributed by atoms with Crippen molar-refractivity contribution in [2.24, 2.45) is 4.99 Å². The SMILES string of the molecule is COc1ccc(OC)c(N=Cc2c(O)[nH]c3cccc(C)c23)c1. The first kappa shape index (κ1) is 15.0. The molecule has 1 aromatic heterocycles. The summed E-state index contributed by atoms with van der Waals surface area (Å²) >= 11 is 0. The summed E-state index contributed by atoms with van der Waals surface area (Å²) in [6.07, 6.45) is 1.64. The van der Waals surface area contributed by atoms with Gasteiger partial charge in [0, 0.05) is 23.2 Å². The molecule has 0 saturated carbocycles. The smallest absolute Gasteiger partial charge is 0.198 e. The van der Waals surface area contributed by atoms with Crippen molar-refractivity contribution in [2.45, 2.75) is 6.92 Å². The molecule has 118 valence electrons. The van der Waals surface area contributed by atoms with Crippen LogP contribution in [0.5, 0.6) is 17.4 Å². The summed E-state index contributed by atoms with van der Waals surface area (Å²) in [7, 11) is 3.19. The van der Waals surface area contributed by atoms with E-state index in [4.69, 9.17) is 9.47 Å². The molecule has 0 atom stereocenters. The third kappa shape index (κ3) is 2.73. The van der Waals surface area contributed by atoms with Crippen molar-refractivity contribution in [3.05, 3.63) is 47.5 Å². The number of benzene rings is 2. The molecule has 5 heteroatoms. The van der Waals surface area contributed by atoms with Crippen molar-refractivity contribution in [1.29, 1.82) is 0 Å². The van der Waals surface area contributed by atoms with Crippen molar-refractivity contribution < 1.29 is 14.6 Å². The second-order valence-corrected chi connectivity index (χ2v) is 5.18. The predicted octanol–water partition coefficient (Wildman–Crippen LogP) is 3.95. The standard InChI is InChI=1S/C18H18N2O3/c1-11-5-4-6-14-17(11)13(18(21)20-14)10-19-15-9-12(22-2)7-8-16(15)23-3/h4-10,20-21H,1-3H3. The number of aromatic amines is 1. The monoisotopic (exact) mass is 310 g/mol. The van der Waals surface area contributed by atoms with E-state index in [1.807, 2.05) is 31.2 Å². The predicted molar refractivity (Wildman–Crippen MR) is 91.5 cm³/mol. The number of hydrogen-bond donors (Lipinski definition) is 2. The first-order chi connectivity index (χ1) is 11.1. The summed E-state index contributed by atoms with van der Waals surface area (Å²) in [5.74, 6) is 1.43. The van der Waals surface area contributed by atoms with Crippen LogP contribution in [0.2, 0.25) is 0 Å². The largest absolute Gasteiger partial charge is 0.497 e. The van der Waals surface area contributed by atoms with E-state index in [-0.39, 0.29) is 5.88 Å².